The highest BCUT2D eigenvalue weighted by atomic mass is 32.2. The minimum absolute atomic E-state index is 0.00849. The molecule has 0 spiro atoms. The molecule has 0 aromatic heterocycles. The molecule has 1 aliphatic heterocycles. The molecule has 1 aromatic carbocycles. The fourth-order valence-corrected chi connectivity index (χ4v) is 4.95. The first-order chi connectivity index (χ1) is 12.1. The molecule has 2 rings (SSSR count). The highest BCUT2D eigenvalue weighted by molar-refractivity contribution is 7.89. The summed E-state index contributed by atoms with van der Waals surface area (Å²) < 4.78 is 33.4. The van der Waals surface area contributed by atoms with Crippen molar-refractivity contribution in [2.45, 2.75) is 69.9 Å². The lowest BCUT2D eigenvalue weighted by Crippen LogP contribution is -2.43. The molecule has 0 radical (unpaired) electrons. The van der Waals surface area contributed by atoms with Crippen LogP contribution >= 0.6 is 0 Å². The molecular weight excluding hydrogens is 352 g/mol. The van der Waals surface area contributed by atoms with Gasteiger partial charge in [-0.2, -0.15) is 0 Å². The number of ether oxygens (including phenoxy) is 1. The number of carbonyl (C=O) groups is 1. The maximum atomic E-state index is 13.0. The number of carbonyl (C=O) groups excluding carboxylic acids is 1. The summed E-state index contributed by atoms with van der Waals surface area (Å²) in [6.07, 6.45) is 4.00. The summed E-state index contributed by atoms with van der Waals surface area (Å²) >= 11 is 0. The molecule has 1 heterocycles. The number of piperidine rings is 1. The molecule has 1 unspecified atom stereocenters. The summed E-state index contributed by atoms with van der Waals surface area (Å²) in [6.45, 7) is 8.10. The molecule has 0 saturated carbocycles. The van der Waals surface area contributed by atoms with Crippen molar-refractivity contribution in [3.63, 3.8) is 0 Å². The Bertz CT molecular complexity index is 753. The molecule has 26 heavy (non-hydrogen) atoms. The van der Waals surface area contributed by atoms with Gasteiger partial charge in [-0.1, -0.05) is 6.92 Å². The molecule has 146 valence electrons. The number of nitrogens with one attached hydrogen (secondary N) is 1. The Labute approximate surface area is 157 Å². The SMILES string of the molecule is CCC1CCCCN1C(=O)c1ccc(OC)c(S(=O)(=O)NC(C)(C)C)c1. The lowest BCUT2D eigenvalue weighted by atomic mass is 9.99. The lowest BCUT2D eigenvalue weighted by Gasteiger charge is -2.35. The largest absolute Gasteiger partial charge is 0.495 e. The molecule has 1 fully saturated rings. The van der Waals surface area contributed by atoms with Gasteiger partial charge < -0.3 is 9.64 Å². The molecule has 1 atom stereocenters. The molecular formula is C19H30N2O4S. The Balaban J connectivity index is 2.41. The Morgan fingerprint density at radius 2 is 2.00 bits per heavy atom. The first kappa shape index (κ1) is 20.7. The number of hydrogen-bond acceptors (Lipinski definition) is 4. The number of nitrogens with zero attached hydrogens (tertiary/aromatic N) is 1. The normalized spacial score (nSPS) is 18.7. The quantitative estimate of drug-likeness (QED) is 0.849. The predicted octanol–water partition coefficient (Wildman–Crippen LogP) is 3.18. The van der Waals surface area contributed by atoms with Crippen LogP contribution in [0.25, 0.3) is 0 Å². The minimum atomic E-state index is -3.81. The van der Waals surface area contributed by atoms with E-state index in [1.54, 1.807) is 32.9 Å². The number of likely N-dealkylation sites (tertiary alicyclic amines) is 1. The monoisotopic (exact) mass is 382 g/mol. The van der Waals surface area contributed by atoms with Crippen molar-refractivity contribution < 1.29 is 17.9 Å². The average Bonchev–Trinajstić information content (AvgIpc) is 2.58. The van der Waals surface area contributed by atoms with Crippen LogP contribution in [0, 0.1) is 0 Å². The first-order valence-electron chi connectivity index (χ1n) is 9.12. The molecule has 1 amide bonds. The van der Waals surface area contributed by atoms with Crippen molar-refractivity contribution in [2.24, 2.45) is 0 Å². The Morgan fingerprint density at radius 1 is 1.31 bits per heavy atom. The van der Waals surface area contributed by atoms with Crippen molar-refractivity contribution in [2.75, 3.05) is 13.7 Å². The van der Waals surface area contributed by atoms with Gasteiger partial charge in [-0.05, 0) is 64.7 Å². The summed E-state index contributed by atoms with van der Waals surface area (Å²) in [5.41, 5.74) is -0.259. The van der Waals surface area contributed by atoms with E-state index in [1.807, 2.05) is 4.90 Å². The smallest absolute Gasteiger partial charge is 0.254 e. The maximum absolute atomic E-state index is 13.0. The standard InChI is InChI=1S/C19H30N2O4S/c1-6-15-9-7-8-12-21(15)18(22)14-10-11-16(25-5)17(13-14)26(23,24)20-19(2,3)4/h10-11,13,15,20H,6-9,12H2,1-5H3. The Hall–Kier alpha value is -1.60. The van der Waals surface area contributed by atoms with Gasteiger partial charge in [-0.3, -0.25) is 4.79 Å². The number of benzene rings is 1. The van der Waals surface area contributed by atoms with Gasteiger partial charge in [0.2, 0.25) is 10.0 Å². The molecule has 1 aromatic rings. The molecule has 7 heteroatoms. The van der Waals surface area contributed by atoms with Crippen LogP contribution in [-0.4, -0.2) is 44.5 Å². The average molecular weight is 383 g/mol. The van der Waals surface area contributed by atoms with E-state index in [4.69, 9.17) is 4.74 Å². The summed E-state index contributed by atoms with van der Waals surface area (Å²) in [5, 5.41) is 0. The van der Waals surface area contributed by atoms with Gasteiger partial charge in [0, 0.05) is 23.7 Å². The van der Waals surface area contributed by atoms with E-state index in [0.29, 0.717) is 12.1 Å². The summed E-state index contributed by atoms with van der Waals surface area (Å²) in [4.78, 5) is 14.9. The van der Waals surface area contributed by atoms with Crippen molar-refractivity contribution >= 4 is 15.9 Å². The van der Waals surface area contributed by atoms with Crippen LogP contribution in [0.1, 0.15) is 63.7 Å². The molecule has 0 bridgehead atoms. The van der Waals surface area contributed by atoms with Crippen LogP contribution in [-0.2, 0) is 10.0 Å². The van der Waals surface area contributed by atoms with Crippen molar-refractivity contribution in [1.82, 2.24) is 9.62 Å². The fourth-order valence-electron chi connectivity index (χ4n) is 3.34. The van der Waals surface area contributed by atoms with Crippen LogP contribution in [0.5, 0.6) is 5.75 Å². The topological polar surface area (TPSA) is 75.7 Å². The third kappa shape index (κ3) is 4.76. The number of hydrogen-bond donors (Lipinski definition) is 1. The van der Waals surface area contributed by atoms with E-state index >= 15 is 0 Å². The van der Waals surface area contributed by atoms with Crippen LogP contribution in [0.3, 0.4) is 0 Å². The molecule has 0 aliphatic carbocycles. The second-order valence-electron chi connectivity index (χ2n) is 7.78. The van der Waals surface area contributed by atoms with Crippen molar-refractivity contribution in [3.8, 4) is 5.75 Å². The molecule has 1 N–H and O–H groups in total. The minimum Gasteiger partial charge on any atom is -0.495 e. The van der Waals surface area contributed by atoms with E-state index in [0.717, 1.165) is 25.7 Å². The van der Waals surface area contributed by atoms with Gasteiger partial charge >= 0.3 is 0 Å². The van der Waals surface area contributed by atoms with Crippen LogP contribution in [0.2, 0.25) is 0 Å². The highest BCUT2D eigenvalue weighted by Crippen LogP contribution is 2.28. The van der Waals surface area contributed by atoms with E-state index in [-0.39, 0.29) is 22.6 Å². The third-order valence-corrected chi connectivity index (χ3v) is 6.28. The second-order valence-corrected chi connectivity index (χ2v) is 9.43. The van der Waals surface area contributed by atoms with Crippen LogP contribution in [0.15, 0.2) is 23.1 Å². The Morgan fingerprint density at radius 3 is 2.58 bits per heavy atom. The predicted molar refractivity (Wildman–Crippen MR) is 102 cm³/mol. The van der Waals surface area contributed by atoms with Gasteiger partial charge in [0.05, 0.1) is 7.11 Å². The third-order valence-electron chi connectivity index (χ3n) is 4.50. The maximum Gasteiger partial charge on any atom is 0.254 e. The summed E-state index contributed by atoms with van der Waals surface area (Å²) in [5.74, 6) is 0.107. The summed E-state index contributed by atoms with van der Waals surface area (Å²) in [7, 11) is -2.39. The van der Waals surface area contributed by atoms with Crippen LogP contribution < -0.4 is 9.46 Å². The summed E-state index contributed by atoms with van der Waals surface area (Å²) in [6, 6.07) is 4.83. The van der Waals surface area contributed by atoms with Gasteiger partial charge in [-0.25, -0.2) is 13.1 Å². The van der Waals surface area contributed by atoms with Gasteiger partial charge in [-0.15, -0.1) is 0 Å². The van der Waals surface area contributed by atoms with Crippen molar-refractivity contribution in [3.05, 3.63) is 23.8 Å². The fraction of sp³-hybridized carbons (Fsp3) is 0.632. The number of amides is 1. The van der Waals surface area contributed by atoms with Gasteiger partial charge in [0.25, 0.3) is 5.91 Å². The van der Waals surface area contributed by atoms with E-state index in [2.05, 4.69) is 11.6 Å². The van der Waals surface area contributed by atoms with Gasteiger partial charge in [0.15, 0.2) is 0 Å². The van der Waals surface area contributed by atoms with E-state index in [1.165, 1.54) is 13.2 Å². The first-order valence-corrected chi connectivity index (χ1v) is 10.6. The van der Waals surface area contributed by atoms with E-state index < -0.39 is 15.6 Å². The molecule has 1 aliphatic rings. The van der Waals surface area contributed by atoms with E-state index in [9.17, 15) is 13.2 Å². The van der Waals surface area contributed by atoms with Crippen LogP contribution in [0.4, 0.5) is 0 Å². The zero-order valence-electron chi connectivity index (χ0n) is 16.3. The lowest BCUT2D eigenvalue weighted by molar-refractivity contribution is 0.0607. The molecule has 6 nitrogen and oxygen atoms in total. The highest BCUT2D eigenvalue weighted by Gasteiger charge is 2.29. The zero-order chi connectivity index (χ0) is 19.5. The second kappa shape index (κ2) is 7.96. The number of methoxy groups -OCH3 is 1. The number of rotatable bonds is 5. The van der Waals surface area contributed by atoms with Crippen molar-refractivity contribution in [1.29, 1.82) is 0 Å². The Kier molecular flexibility index (Phi) is 6.34. The van der Waals surface area contributed by atoms with Gasteiger partial charge in [0.1, 0.15) is 10.6 Å². The zero-order valence-corrected chi connectivity index (χ0v) is 17.1. The molecule has 1 saturated heterocycles. The number of sulfonamides is 1.